The van der Waals surface area contributed by atoms with E-state index in [0.29, 0.717) is 18.0 Å². The number of amides is 1. The fourth-order valence-electron chi connectivity index (χ4n) is 8.46. The van der Waals surface area contributed by atoms with E-state index >= 15 is 0 Å². The lowest BCUT2D eigenvalue weighted by atomic mass is 9.84. The van der Waals surface area contributed by atoms with Crippen LogP contribution < -0.4 is 14.2 Å². The number of methoxy groups -OCH3 is 2. The highest BCUT2D eigenvalue weighted by Gasteiger charge is 2.31. The Balaban J connectivity index is 0.937. The predicted octanol–water partition coefficient (Wildman–Crippen LogP) is 9.11. The van der Waals surface area contributed by atoms with Crippen LogP contribution >= 0.6 is 0 Å². The molecule has 1 aliphatic rings. The molecule has 1 atom stereocenters. The Hall–Kier alpha value is -6.62. The second-order valence-electron chi connectivity index (χ2n) is 14.7. The van der Waals surface area contributed by atoms with Gasteiger partial charge < -0.3 is 19.4 Å². The van der Waals surface area contributed by atoms with Gasteiger partial charge in [-0.3, -0.25) is 9.69 Å². The number of benzene rings is 6. The first-order valence-corrected chi connectivity index (χ1v) is 20.7. The number of nitrogens with one attached hydrogen (secondary N) is 3. The van der Waals surface area contributed by atoms with Gasteiger partial charge in [-0.2, -0.15) is 0 Å². The van der Waals surface area contributed by atoms with Gasteiger partial charge in [-0.25, -0.2) is 13.1 Å². The average molecular weight is 787 g/mol. The molecule has 9 nitrogen and oxygen atoms in total. The number of sulfonamides is 1. The second-order valence-corrected chi connectivity index (χ2v) is 16.3. The molecule has 290 valence electrons. The first-order chi connectivity index (χ1) is 28.3. The highest BCUT2D eigenvalue weighted by atomic mass is 32.2. The highest BCUT2D eigenvalue weighted by molar-refractivity contribution is 7.90. The number of ether oxygens (including phenoxy) is 2. The number of carbonyl (C=O) groups excluding carboxylic acids is 1. The van der Waals surface area contributed by atoms with Gasteiger partial charge in [0.05, 0.1) is 25.2 Å². The van der Waals surface area contributed by atoms with Crippen molar-refractivity contribution in [2.45, 2.75) is 29.8 Å². The van der Waals surface area contributed by atoms with Gasteiger partial charge in [-0.15, -0.1) is 0 Å². The second kappa shape index (κ2) is 15.4. The lowest BCUT2D eigenvalue weighted by Gasteiger charge is -2.38. The number of fused-ring (bicyclic) bond motifs is 3. The zero-order valence-electron chi connectivity index (χ0n) is 32.1. The van der Waals surface area contributed by atoms with Gasteiger partial charge in [-0.1, -0.05) is 91.0 Å². The minimum absolute atomic E-state index is 0.0142. The summed E-state index contributed by atoms with van der Waals surface area (Å²) >= 11 is 0. The molecule has 10 heteroatoms. The third-order valence-electron chi connectivity index (χ3n) is 11.3. The first kappa shape index (κ1) is 37.0. The quantitative estimate of drug-likeness (QED) is 0.121. The van der Waals surface area contributed by atoms with Crippen LogP contribution in [0.15, 0.2) is 157 Å². The van der Waals surface area contributed by atoms with E-state index in [1.54, 1.807) is 38.5 Å². The summed E-state index contributed by atoms with van der Waals surface area (Å²) in [7, 11) is -0.867. The fourth-order valence-corrected chi connectivity index (χ4v) is 9.44. The number of hydrogen-bond acceptors (Lipinski definition) is 6. The number of aromatic nitrogens is 2. The summed E-state index contributed by atoms with van der Waals surface area (Å²) in [5.41, 5.74) is 9.94. The molecule has 0 radical (unpaired) electrons. The van der Waals surface area contributed by atoms with E-state index in [1.165, 1.54) is 5.56 Å². The Morgan fingerprint density at radius 1 is 0.741 bits per heavy atom. The van der Waals surface area contributed by atoms with Gasteiger partial charge in [0.25, 0.3) is 15.9 Å². The van der Waals surface area contributed by atoms with Gasteiger partial charge in [0, 0.05) is 58.8 Å². The van der Waals surface area contributed by atoms with E-state index in [2.05, 4.69) is 68.1 Å². The Morgan fingerprint density at radius 3 is 1.95 bits per heavy atom. The number of rotatable bonds is 11. The number of H-pyrrole nitrogens is 2. The van der Waals surface area contributed by atoms with Crippen molar-refractivity contribution in [2.75, 3.05) is 20.8 Å². The summed E-state index contributed by atoms with van der Waals surface area (Å²) < 4.78 is 40.7. The molecule has 0 saturated carbocycles. The van der Waals surface area contributed by atoms with Crippen LogP contribution in [0.2, 0.25) is 0 Å². The number of para-hydroxylation sites is 2. The van der Waals surface area contributed by atoms with Gasteiger partial charge >= 0.3 is 0 Å². The summed E-state index contributed by atoms with van der Waals surface area (Å²) in [5, 5.41) is 2.21. The van der Waals surface area contributed by atoms with Crippen molar-refractivity contribution in [3.63, 3.8) is 0 Å². The Kier molecular flexibility index (Phi) is 9.81. The molecule has 0 aliphatic carbocycles. The molecule has 8 aromatic rings. The maximum atomic E-state index is 13.6. The maximum Gasteiger partial charge on any atom is 0.264 e. The minimum atomic E-state index is -4.16. The van der Waals surface area contributed by atoms with Gasteiger partial charge in [0.2, 0.25) is 0 Å². The van der Waals surface area contributed by atoms with Gasteiger partial charge in [0.15, 0.2) is 11.5 Å². The summed E-state index contributed by atoms with van der Waals surface area (Å²) in [6.45, 7) is 1.38. The van der Waals surface area contributed by atoms with Crippen molar-refractivity contribution < 1.29 is 22.7 Å². The van der Waals surface area contributed by atoms with Crippen molar-refractivity contribution in [2.24, 2.45) is 0 Å². The predicted molar refractivity (Wildman–Crippen MR) is 227 cm³/mol. The van der Waals surface area contributed by atoms with E-state index in [0.717, 1.165) is 68.2 Å². The average Bonchev–Trinajstić information content (AvgIpc) is 3.89. The molecule has 6 aromatic carbocycles. The van der Waals surface area contributed by atoms with Crippen LogP contribution in [0.4, 0.5) is 0 Å². The van der Waals surface area contributed by atoms with Crippen LogP contribution in [0.5, 0.6) is 11.5 Å². The van der Waals surface area contributed by atoms with Crippen LogP contribution in [0.1, 0.15) is 61.3 Å². The molecule has 2 aromatic heterocycles. The van der Waals surface area contributed by atoms with Crippen molar-refractivity contribution in [1.82, 2.24) is 19.6 Å². The van der Waals surface area contributed by atoms with Crippen LogP contribution in [0, 0.1) is 0 Å². The minimum Gasteiger partial charge on any atom is -0.493 e. The number of aromatic amines is 2. The SMILES string of the molecule is COc1cc2c(cc1OC)C(c1ccccc1)N(Cc1ccc(S(=O)(=O)NC(=O)c3ccc(C(c4c[nH]c5ccccc45)c4c[nH]c5ccccc45)cc3)cc1)CC2. The van der Waals surface area contributed by atoms with Crippen LogP contribution in [-0.2, 0) is 23.0 Å². The molecule has 58 heavy (non-hydrogen) atoms. The fraction of sp³-hybridized carbons (Fsp3) is 0.146. The van der Waals surface area contributed by atoms with Gasteiger partial charge in [-0.05, 0) is 93.9 Å². The molecule has 0 bridgehead atoms. The third kappa shape index (κ3) is 6.90. The zero-order valence-corrected chi connectivity index (χ0v) is 32.9. The monoisotopic (exact) mass is 786 g/mol. The molecule has 1 unspecified atom stereocenters. The van der Waals surface area contributed by atoms with Crippen LogP contribution in [-0.4, -0.2) is 50.0 Å². The zero-order chi connectivity index (χ0) is 39.8. The molecule has 1 aliphatic heterocycles. The maximum absolute atomic E-state index is 13.6. The molecule has 0 saturated heterocycles. The summed E-state index contributed by atoms with van der Waals surface area (Å²) in [6.07, 6.45) is 4.90. The van der Waals surface area contributed by atoms with Crippen LogP contribution in [0.25, 0.3) is 21.8 Å². The first-order valence-electron chi connectivity index (χ1n) is 19.2. The largest absolute Gasteiger partial charge is 0.493 e. The van der Waals surface area contributed by atoms with Crippen molar-refractivity contribution in [1.29, 1.82) is 0 Å². The molecule has 9 rings (SSSR count). The molecule has 3 N–H and O–H groups in total. The highest BCUT2D eigenvalue weighted by Crippen LogP contribution is 2.42. The molecular weight excluding hydrogens is 745 g/mol. The third-order valence-corrected chi connectivity index (χ3v) is 12.7. The topological polar surface area (TPSA) is 117 Å². The Labute approximate surface area is 337 Å². The lowest BCUT2D eigenvalue weighted by Crippen LogP contribution is -2.35. The lowest BCUT2D eigenvalue weighted by molar-refractivity contribution is 0.0981. The molecule has 3 heterocycles. The smallest absolute Gasteiger partial charge is 0.264 e. The summed E-state index contributed by atoms with van der Waals surface area (Å²) in [6, 6.07) is 44.7. The Bertz CT molecular complexity index is 2790. The van der Waals surface area contributed by atoms with E-state index in [4.69, 9.17) is 9.47 Å². The van der Waals surface area contributed by atoms with Gasteiger partial charge in [0.1, 0.15) is 0 Å². The van der Waals surface area contributed by atoms with E-state index < -0.39 is 15.9 Å². The number of nitrogens with zero attached hydrogens (tertiary/aromatic N) is 1. The van der Waals surface area contributed by atoms with E-state index in [-0.39, 0.29) is 22.4 Å². The van der Waals surface area contributed by atoms with E-state index in [9.17, 15) is 13.2 Å². The summed E-state index contributed by atoms with van der Waals surface area (Å²) in [5.74, 6) is 0.535. The number of carbonyl (C=O) groups is 1. The van der Waals surface area contributed by atoms with Crippen molar-refractivity contribution in [3.05, 3.63) is 196 Å². The molecule has 0 spiro atoms. The van der Waals surface area contributed by atoms with Crippen molar-refractivity contribution in [3.8, 4) is 11.5 Å². The van der Waals surface area contributed by atoms with Crippen molar-refractivity contribution >= 4 is 37.7 Å². The number of hydrogen-bond donors (Lipinski definition) is 3. The van der Waals surface area contributed by atoms with Crippen LogP contribution in [0.3, 0.4) is 0 Å². The molecule has 0 fully saturated rings. The normalized spacial score (nSPS) is 14.4. The van der Waals surface area contributed by atoms with E-state index in [1.807, 2.05) is 79.1 Å². The molecular formula is C48H42N4O5S. The summed E-state index contributed by atoms with van der Waals surface area (Å²) in [4.78, 5) is 22.7. The Morgan fingerprint density at radius 2 is 1.33 bits per heavy atom. The molecule has 1 amide bonds. The standard InChI is InChI=1S/C48H42N4O5S/c1-56-44-26-35-24-25-52(47(33-10-4-3-5-11-33)39(35)27-45(44)57-2)30-31-16-22-36(23-17-31)58(54,55)51-48(53)34-20-18-32(19-21-34)46(40-28-49-42-14-8-6-12-37(40)42)41-29-50-43-15-9-7-13-38(41)43/h3-23,26-29,46-47,49-50H,24-25,30H2,1-2H3,(H,51,53).